The summed E-state index contributed by atoms with van der Waals surface area (Å²) in [5.74, 6) is 0.647. The van der Waals surface area contributed by atoms with Crippen LogP contribution in [0.25, 0.3) is 0 Å². The molecular weight excluding hydrogens is 234 g/mol. The summed E-state index contributed by atoms with van der Waals surface area (Å²) < 4.78 is 5.11. The van der Waals surface area contributed by atoms with Crippen LogP contribution in [0.15, 0.2) is 24.3 Å². The second-order valence-electron chi connectivity index (χ2n) is 4.12. The lowest BCUT2D eigenvalue weighted by atomic mass is 10.2. The average molecular weight is 249 g/mol. The van der Waals surface area contributed by atoms with E-state index in [1.165, 1.54) is 0 Å². The third-order valence-corrected chi connectivity index (χ3v) is 2.84. The fourth-order valence-electron chi connectivity index (χ4n) is 2.03. The normalized spacial score (nSPS) is 18.8. The van der Waals surface area contributed by atoms with E-state index in [9.17, 15) is 9.59 Å². The summed E-state index contributed by atoms with van der Waals surface area (Å²) in [6.07, 6.45) is 0.264. The van der Waals surface area contributed by atoms with Gasteiger partial charge in [-0.25, -0.2) is 4.79 Å². The Morgan fingerprint density at radius 2 is 2.33 bits per heavy atom. The van der Waals surface area contributed by atoms with Gasteiger partial charge in [0.1, 0.15) is 5.75 Å². The van der Waals surface area contributed by atoms with Crippen molar-refractivity contribution in [2.24, 2.45) is 5.73 Å². The van der Waals surface area contributed by atoms with Gasteiger partial charge in [0.05, 0.1) is 13.2 Å². The van der Waals surface area contributed by atoms with Crippen LogP contribution in [0.2, 0.25) is 0 Å². The summed E-state index contributed by atoms with van der Waals surface area (Å²) in [6.45, 7) is 0.426. The number of nitrogens with zero attached hydrogens (tertiary/aromatic N) is 1. The Balaban J connectivity index is 2.13. The van der Waals surface area contributed by atoms with Crippen LogP contribution in [0.4, 0.5) is 10.5 Å². The van der Waals surface area contributed by atoms with E-state index in [0.29, 0.717) is 12.3 Å². The van der Waals surface area contributed by atoms with Crippen molar-refractivity contribution in [2.75, 3.05) is 18.6 Å². The largest absolute Gasteiger partial charge is 0.497 e. The molecule has 3 amide bonds. The molecular formula is C12H15N3O3. The molecule has 0 spiro atoms. The van der Waals surface area contributed by atoms with Gasteiger partial charge in [0.2, 0.25) is 5.91 Å². The summed E-state index contributed by atoms with van der Waals surface area (Å²) in [6, 6.07) is 6.39. The SMILES string of the molecule is COc1cccc(N2C[C@@H](NC(N)=O)CC2=O)c1. The van der Waals surface area contributed by atoms with E-state index in [1.54, 1.807) is 18.1 Å². The van der Waals surface area contributed by atoms with Crippen LogP contribution in [0.5, 0.6) is 5.75 Å². The number of hydrogen-bond donors (Lipinski definition) is 2. The predicted molar refractivity (Wildman–Crippen MR) is 66.5 cm³/mol. The first-order valence-corrected chi connectivity index (χ1v) is 5.60. The zero-order valence-corrected chi connectivity index (χ0v) is 10.1. The number of ether oxygens (including phenoxy) is 1. The lowest BCUT2D eigenvalue weighted by Gasteiger charge is -2.17. The fraction of sp³-hybridized carbons (Fsp3) is 0.333. The van der Waals surface area contributed by atoms with Crippen molar-refractivity contribution in [3.8, 4) is 5.75 Å². The quantitative estimate of drug-likeness (QED) is 0.816. The molecule has 3 N–H and O–H groups in total. The zero-order chi connectivity index (χ0) is 13.1. The van der Waals surface area contributed by atoms with E-state index in [2.05, 4.69) is 5.32 Å². The number of anilines is 1. The van der Waals surface area contributed by atoms with Gasteiger partial charge < -0.3 is 20.7 Å². The highest BCUT2D eigenvalue weighted by atomic mass is 16.5. The number of hydrogen-bond acceptors (Lipinski definition) is 3. The molecule has 1 aliphatic heterocycles. The first-order chi connectivity index (χ1) is 8.60. The van der Waals surface area contributed by atoms with Crippen LogP contribution in [0, 0.1) is 0 Å². The molecule has 2 rings (SSSR count). The number of nitrogens with two attached hydrogens (primary N) is 1. The molecule has 6 heteroatoms. The Morgan fingerprint density at radius 1 is 1.56 bits per heavy atom. The van der Waals surface area contributed by atoms with Crippen molar-refractivity contribution in [3.05, 3.63) is 24.3 Å². The van der Waals surface area contributed by atoms with Crippen molar-refractivity contribution in [1.29, 1.82) is 0 Å². The summed E-state index contributed by atoms with van der Waals surface area (Å²) in [5.41, 5.74) is 5.81. The topological polar surface area (TPSA) is 84.7 Å². The number of amides is 3. The predicted octanol–water partition coefficient (Wildman–Crippen LogP) is 0.469. The summed E-state index contributed by atoms with van der Waals surface area (Å²) >= 11 is 0. The minimum absolute atomic E-state index is 0.0398. The third-order valence-electron chi connectivity index (χ3n) is 2.84. The van der Waals surface area contributed by atoms with Crippen LogP contribution in [-0.2, 0) is 4.79 Å². The molecule has 0 saturated carbocycles. The molecule has 1 aromatic rings. The van der Waals surface area contributed by atoms with Crippen molar-refractivity contribution in [2.45, 2.75) is 12.5 Å². The lowest BCUT2D eigenvalue weighted by Crippen LogP contribution is -2.40. The van der Waals surface area contributed by atoms with Gasteiger partial charge in [0, 0.05) is 24.7 Å². The highest BCUT2D eigenvalue weighted by Crippen LogP contribution is 2.25. The van der Waals surface area contributed by atoms with Crippen LogP contribution >= 0.6 is 0 Å². The Labute approximate surface area is 105 Å². The molecule has 0 bridgehead atoms. The first kappa shape index (κ1) is 12.2. The van der Waals surface area contributed by atoms with Gasteiger partial charge in [-0.15, -0.1) is 0 Å². The standard InChI is InChI=1S/C12H15N3O3/c1-18-10-4-2-3-9(6-10)15-7-8(5-11(15)16)14-12(13)17/h2-4,6,8H,5,7H2,1H3,(H3,13,14,17)/t8-/m0/s1. The monoisotopic (exact) mass is 249 g/mol. The smallest absolute Gasteiger partial charge is 0.312 e. The van der Waals surface area contributed by atoms with Gasteiger partial charge in [0.15, 0.2) is 0 Å². The van der Waals surface area contributed by atoms with Gasteiger partial charge in [-0.05, 0) is 12.1 Å². The molecule has 0 unspecified atom stereocenters. The number of nitrogens with one attached hydrogen (secondary N) is 1. The second-order valence-corrected chi connectivity index (χ2v) is 4.12. The molecule has 96 valence electrons. The van der Waals surface area contributed by atoms with E-state index >= 15 is 0 Å². The molecule has 1 aromatic carbocycles. The molecule has 18 heavy (non-hydrogen) atoms. The Kier molecular flexibility index (Phi) is 3.36. The molecule has 1 atom stereocenters. The molecule has 1 heterocycles. The van der Waals surface area contributed by atoms with E-state index in [4.69, 9.17) is 10.5 Å². The Hall–Kier alpha value is -2.24. The van der Waals surface area contributed by atoms with Crippen molar-refractivity contribution in [1.82, 2.24) is 5.32 Å². The van der Waals surface area contributed by atoms with Gasteiger partial charge >= 0.3 is 6.03 Å². The molecule has 0 radical (unpaired) electrons. The second kappa shape index (κ2) is 4.95. The van der Waals surface area contributed by atoms with Crippen LogP contribution < -0.4 is 20.7 Å². The van der Waals surface area contributed by atoms with Gasteiger partial charge in [-0.2, -0.15) is 0 Å². The lowest BCUT2D eigenvalue weighted by molar-refractivity contribution is -0.117. The van der Waals surface area contributed by atoms with Gasteiger partial charge in [0.25, 0.3) is 0 Å². The maximum absolute atomic E-state index is 11.9. The first-order valence-electron chi connectivity index (χ1n) is 5.60. The van der Waals surface area contributed by atoms with E-state index < -0.39 is 6.03 Å². The Bertz CT molecular complexity index is 475. The molecule has 1 saturated heterocycles. The maximum atomic E-state index is 11.9. The number of rotatable bonds is 3. The van der Waals surface area contributed by atoms with E-state index in [-0.39, 0.29) is 18.4 Å². The highest BCUT2D eigenvalue weighted by molar-refractivity contribution is 5.96. The Morgan fingerprint density at radius 3 is 3.00 bits per heavy atom. The summed E-state index contributed by atoms with van der Waals surface area (Å²) in [5, 5.41) is 2.55. The molecule has 6 nitrogen and oxygen atoms in total. The number of primary amides is 1. The van der Waals surface area contributed by atoms with Crippen molar-refractivity contribution >= 4 is 17.6 Å². The van der Waals surface area contributed by atoms with Crippen LogP contribution in [-0.4, -0.2) is 31.6 Å². The summed E-state index contributed by atoms with van der Waals surface area (Å²) in [4.78, 5) is 24.2. The van der Waals surface area contributed by atoms with E-state index in [0.717, 1.165) is 5.69 Å². The number of urea groups is 1. The van der Waals surface area contributed by atoms with Gasteiger partial charge in [-0.3, -0.25) is 4.79 Å². The van der Waals surface area contributed by atoms with Crippen molar-refractivity contribution < 1.29 is 14.3 Å². The van der Waals surface area contributed by atoms with Crippen LogP contribution in [0.1, 0.15) is 6.42 Å². The minimum Gasteiger partial charge on any atom is -0.497 e. The highest BCUT2D eigenvalue weighted by Gasteiger charge is 2.31. The van der Waals surface area contributed by atoms with Crippen molar-refractivity contribution in [3.63, 3.8) is 0 Å². The average Bonchev–Trinajstić information content (AvgIpc) is 2.69. The molecule has 1 aliphatic rings. The zero-order valence-electron chi connectivity index (χ0n) is 10.1. The van der Waals surface area contributed by atoms with Gasteiger partial charge in [-0.1, -0.05) is 6.07 Å². The number of carbonyl (C=O) groups excluding carboxylic acids is 2. The molecule has 0 aliphatic carbocycles. The fourth-order valence-corrected chi connectivity index (χ4v) is 2.03. The minimum atomic E-state index is -0.611. The van der Waals surface area contributed by atoms with Crippen LogP contribution in [0.3, 0.4) is 0 Å². The number of benzene rings is 1. The number of methoxy groups -OCH3 is 1. The molecule has 0 aromatic heterocycles. The number of carbonyl (C=O) groups is 2. The maximum Gasteiger partial charge on any atom is 0.312 e. The third kappa shape index (κ3) is 2.53. The van der Waals surface area contributed by atoms with E-state index in [1.807, 2.05) is 18.2 Å². The summed E-state index contributed by atoms with van der Waals surface area (Å²) in [7, 11) is 1.57. The molecule has 1 fully saturated rings.